The van der Waals surface area contributed by atoms with Crippen LogP contribution in [0.2, 0.25) is 5.15 Å². The molecule has 1 saturated heterocycles. The van der Waals surface area contributed by atoms with Crippen molar-refractivity contribution in [2.75, 3.05) is 42.4 Å². The summed E-state index contributed by atoms with van der Waals surface area (Å²) < 4.78 is 33.5. The first-order valence-electron chi connectivity index (χ1n) is 12.9. The summed E-state index contributed by atoms with van der Waals surface area (Å²) >= 11 is 6.24. The molecule has 1 aliphatic rings. The number of amides is 1. The number of hydrogen-bond acceptors (Lipinski definition) is 8. The molecule has 2 aromatic carbocycles. The molecule has 0 spiro atoms. The predicted molar refractivity (Wildman–Crippen MR) is 155 cm³/mol. The Bertz CT molecular complexity index is 1630. The largest absolute Gasteiger partial charge is 0.449 e. The first-order valence-corrected chi connectivity index (χ1v) is 14.7. The summed E-state index contributed by atoms with van der Waals surface area (Å²) in [6, 6.07) is 15.3. The third-order valence-electron chi connectivity index (χ3n) is 6.40. The van der Waals surface area contributed by atoms with Crippen molar-refractivity contribution in [3.63, 3.8) is 0 Å². The predicted octanol–water partition coefficient (Wildman–Crippen LogP) is 5.06. The number of sulfonamides is 1. The van der Waals surface area contributed by atoms with Crippen molar-refractivity contribution < 1.29 is 17.9 Å². The van der Waals surface area contributed by atoms with Gasteiger partial charge in [0, 0.05) is 37.9 Å². The number of nitrogens with one attached hydrogen (secondary N) is 1. The third kappa shape index (κ3) is 6.26. The number of carbonyl (C=O) groups excluding carboxylic acids is 1. The van der Waals surface area contributed by atoms with Gasteiger partial charge in [-0.2, -0.15) is 0 Å². The van der Waals surface area contributed by atoms with E-state index in [1.807, 2.05) is 32.0 Å². The van der Waals surface area contributed by atoms with Gasteiger partial charge in [-0.1, -0.05) is 49.7 Å². The summed E-state index contributed by atoms with van der Waals surface area (Å²) in [5, 5.41) is 0.0401. The number of rotatable bonds is 7. The smallest absolute Gasteiger partial charge is 0.409 e. The zero-order valence-corrected chi connectivity index (χ0v) is 23.7. The van der Waals surface area contributed by atoms with Gasteiger partial charge in [-0.25, -0.2) is 23.2 Å². The van der Waals surface area contributed by atoms with Gasteiger partial charge in [0.2, 0.25) is 0 Å². The van der Waals surface area contributed by atoms with Gasteiger partial charge < -0.3 is 14.5 Å². The lowest BCUT2D eigenvalue weighted by Gasteiger charge is -2.34. The molecule has 0 unspecified atom stereocenters. The average Bonchev–Trinajstić information content (AvgIpc) is 2.97. The highest BCUT2D eigenvalue weighted by molar-refractivity contribution is 7.92. The second-order valence-electron chi connectivity index (χ2n) is 9.86. The molecule has 4 aromatic rings. The van der Waals surface area contributed by atoms with Crippen LogP contribution in [0.15, 0.2) is 71.9 Å². The monoisotopic (exact) mass is 580 g/mol. The maximum Gasteiger partial charge on any atom is 0.409 e. The summed E-state index contributed by atoms with van der Waals surface area (Å²) in [5.74, 6) is 1.00. The average molecular weight is 581 g/mol. The summed E-state index contributed by atoms with van der Waals surface area (Å²) in [6.07, 6.45) is 3.03. The first-order chi connectivity index (χ1) is 19.2. The Morgan fingerprint density at radius 1 is 0.975 bits per heavy atom. The lowest BCUT2D eigenvalue weighted by Crippen LogP contribution is -2.49. The third-order valence-corrected chi connectivity index (χ3v) is 8.08. The second kappa shape index (κ2) is 11.6. The molecule has 1 amide bonds. The SMILES string of the molecule is CC(C)COC(=O)N1CCN(c2cnc3ccc(-c4cnc(Cl)c(NS(=O)(=O)c5ccccc5)c4)cc3n2)CC1. The Morgan fingerprint density at radius 2 is 1.73 bits per heavy atom. The zero-order valence-electron chi connectivity index (χ0n) is 22.1. The molecule has 0 atom stereocenters. The summed E-state index contributed by atoms with van der Waals surface area (Å²) in [6.45, 7) is 6.71. The van der Waals surface area contributed by atoms with E-state index in [9.17, 15) is 13.2 Å². The Morgan fingerprint density at radius 3 is 2.45 bits per heavy atom. The summed E-state index contributed by atoms with van der Waals surface area (Å²) in [4.78, 5) is 29.8. The van der Waals surface area contributed by atoms with Gasteiger partial charge >= 0.3 is 6.09 Å². The molecule has 0 aliphatic carbocycles. The number of piperazine rings is 1. The molecular weight excluding hydrogens is 552 g/mol. The van der Waals surface area contributed by atoms with Crippen molar-refractivity contribution in [2.24, 2.45) is 5.92 Å². The molecule has 1 N–H and O–H groups in total. The molecule has 40 heavy (non-hydrogen) atoms. The molecule has 2 aromatic heterocycles. The van der Waals surface area contributed by atoms with Gasteiger partial charge in [-0.15, -0.1) is 0 Å². The van der Waals surface area contributed by atoms with E-state index >= 15 is 0 Å². The van der Waals surface area contributed by atoms with E-state index in [0.717, 1.165) is 11.1 Å². The van der Waals surface area contributed by atoms with Gasteiger partial charge in [0.05, 0.1) is 34.4 Å². The minimum Gasteiger partial charge on any atom is -0.449 e. The molecule has 1 fully saturated rings. The Labute approximate surface area is 238 Å². The fourth-order valence-electron chi connectivity index (χ4n) is 4.26. The number of carbonyl (C=O) groups is 1. The highest BCUT2D eigenvalue weighted by Crippen LogP contribution is 2.30. The standard InChI is InChI=1S/C28H29ClN6O4S/c1-19(2)18-39-28(36)35-12-10-34(11-13-35)26-17-30-23-9-8-20(14-24(23)32-26)21-15-25(27(29)31-16-21)33-40(37,38)22-6-4-3-5-7-22/h3-9,14-17,19,33H,10-13,18H2,1-2H3. The lowest BCUT2D eigenvalue weighted by atomic mass is 10.1. The summed E-state index contributed by atoms with van der Waals surface area (Å²) in [5.41, 5.74) is 3.01. The van der Waals surface area contributed by atoms with Crippen LogP contribution >= 0.6 is 11.6 Å². The van der Waals surface area contributed by atoms with Gasteiger partial charge in [0.15, 0.2) is 5.15 Å². The van der Waals surface area contributed by atoms with Crippen molar-refractivity contribution >= 4 is 50.3 Å². The molecule has 5 rings (SSSR count). The highest BCUT2D eigenvalue weighted by Gasteiger charge is 2.23. The van der Waals surface area contributed by atoms with E-state index in [1.54, 1.807) is 41.6 Å². The fourth-order valence-corrected chi connectivity index (χ4v) is 5.55. The van der Waals surface area contributed by atoms with Crippen LogP contribution in [0.5, 0.6) is 0 Å². The molecule has 1 aliphatic heterocycles. The minimum atomic E-state index is -3.84. The number of anilines is 2. The quantitative estimate of drug-likeness (QED) is 0.301. The maximum absolute atomic E-state index is 12.8. The molecule has 0 radical (unpaired) electrons. The van der Waals surface area contributed by atoms with Crippen LogP contribution in [-0.4, -0.2) is 67.1 Å². The molecule has 3 heterocycles. The topological polar surface area (TPSA) is 118 Å². The van der Waals surface area contributed by atoms with Gasteiger partial charge in [0.1, 0.15) is 5.82 Å². The van der Waals surface area contributed by atoms with Gasteiger partial charge in [-0.05, 0) is 41.8 Å². The number of aromatic nitrogens is 3. The fraction of sp³-hybridized carbons (Fsp3) is 0.286. The zero-order chi connectivity index (χ0) is 28.3. The highest BCUT2D eigenvalue weighted by atomic mass is 35.5. The van der Waals surface area contributed by atoms with Crippen LogP contribution in [0, 0.1) is 5.92 Å². The van der Waals surface area contributed by atoms with E-state index < -0.39 is 10.0 Å². The van der Waals surface area contributed by atoms with Gasteiger partial charge in [-0.3, -0.25) is 9.71 Å². The number of fused-ring (bicyclic) bond motifs is 1. The molecule has 208 valence electrons. The number of ether oxygens (including phenoxy) is 1. The van der Waals surface area contributed by atoms with Crippen LogP contribution in [0.4, 0.5) is 16.3 Å². The first kappa shape index (κ1) is 27.6. The van der Waals surface area contributed by atoms with Crippen molar-refractivity contribution in [1.29, 1.82) is 0 Å². The Kier molecular flexibility index (Phi) is 8.04. The van der Waals surface area contributed by atoms with Crippen LogP contribution in [0.1, 0.15) is 13.8 Å². The molecule has 10 nitrogen and oxygen atoms in total. The number of pyridine rings is 1. The van der Waals surface area contributed by atoms with E-state index in [4.69, 9.17) is 21.3 Å². The molecule has 12 heteroatoms. The van der Waals surface area contributed by atoms with Crippen LogP contribution < -0.4 is 9.62 Å². The molecular formula is C28H29ClN6O4S. The number of benzene rings is 2. The van der Waals surface area contributed by atoms with Crippen molar-refractivity contribution in [3.05, 3.63) is 72.1 Å². The van der Waals surface area contributed by atoms with Crippen LogP contribution in [0.25, 0.3) is 22.2 Å². The van der Waals surface area contributed by atoms with E-state index in [2.05, 4.69) is 19.6 Å². The second-order valence-corrected chi connectivity index (χ2v) is 11.9. The van der Waals surface area contributed by atoms with E-state index in [1.165, 1.54) is 12.1 Å². The molecule has 0 saturated carbocycles. The summed E-state index contributed by atoms with van der Waals surface area (Å²) in [7, 11) is -3.84. The number of nitrogens with zero attached hydrogens (tertiary/aromatic N) is 5. The van der Waals surface area contributed by atoms with Crippen LogP contribution in [-0.2, 0) is 14.8 Å². The van der Waals surface area contributed by atoms with Crippen LogP contribution in [0.3, 0.4) is 0 Å². The minimum absolute atomic E-state index is 0.0401. The van der Waals surface area contributed by atoms with Gasteiger partial charge in [0.25, 0.3) is 10.0 Å². The van der Waals surface area contributed by atoms with Crippen molar-refractivity contribution in [3.8, 4) is 11.1 Å². The number of halogens is 1. The Balaban J connectivity index is 1.34. The van der Waals surface area contributed by atoms with Crippen molar-refractivity contribution in [1.82, 2.24) is 19.9 Å². The van der Waals surface area contributed by atoms with E-state index in [0.29, 0.717) is 49.7 Å². The normalized spacial score (nSPS) is 14.0. The lowest BCUT2D eigenvalue weighted by molar-refractivity contribution is 0.0901. The Hall–Kier alpha value is -3.96. The van der Waals surface area contributed by atoms with E-state index in [-0.39, 0.29) is 27.7 Å². The van der Waals surface area contributed by atoms with Crippen molar-refractivity contribution in [2.45, 2.75) is 18.7 Å². The maximum atomic E-state index is 12.8. The number of hydrogen-bond donors (Lipinski definition) is 1. The molecule has 0 bridgehead atoms.